The second kappa shape index (κ2) is 12.4. The number of aliphatic carboxylic acids is 1. The number of thioether (sulfide) groups is 1. The maximum absolute atomic E-state index is 11.4. The fourth-order valence-corrected chi connectivity index (χ4v) is 6.35. The lowest BCUT2D eigenvalue weighted by Gasteiger charge is -2.27. The van der Waals surface area contributed by atoms with E-state index < -0.39 is 5.97 Å². The molecular formula is C23H36O4S. The van der Waals surface area contributed by atoms with E-state index in [-0.39, 0.29) is 18.5 Å². The van der Waals surface area contributed by atoms with Crippen LogP contribution in [0.1, 0.15) is 78.1 Å². The minimum Gasteiger partial charge on any atom is -0.481 e. The third-order valence-corrected chi connectivity index (χ3v) is 7.61. The van der Waals surface area contributed by atoms with Crippen LogP contribution in [0.15, 0.2) is 24.3 Å². The van der Waals surface area contributed by atoms with E-state index in [2.05, 4.69) is 43.0 Å². The molecule has 4 nitrogen and oxygen atoms in total. The van der Waals surface area contributed by atoms with E-state index in [9.17, 15) is 9.59 Å². The van der Waals surface area contributed by atoms with Crippen molar-refractivity contribution < 1.29 is 19.4 Å². The Bertz CT molecular complexity index is 557. The van der Waals surface area contributed by atoms with E-state index in [4.69, 9.17) is 9.84 Å². The molecule has 0 amide bonds. The van der Waals surface area contributed by atoms with Crippen molar-refractivity contribution in [1.82, 2.24) is 0 Å². The minimum absolute atomic E-state index is 0.0969. The topological polar surface area (TPSA) is 63.6 Å². The highest BCUT2D eigenvalue weighted by Crippen LogP contribution is 2.54. The normalized spacial score (nSPS) is 27.6. The Hall–Kier alpha value is -1.23. The first-order chi connectivity index (χ1) is 13.5. The van der Waals surface area contributed by atoms with Gasteiger partial charge >= 0.3 is 11.9 Å². The average Bonchev–Trinajstić information content (AvgIpc) is 3.23. The van der Waals surface area contributed by atoms with Crippen LogP contribution >= 0.6 is 11.8 Å². The lowest BCUT2D eigenvalue weighted by atomic mass is 9.77. The number of unbranched alkanes of at least 4 members (excludes halogenated alkanes) is 3. The highest BCUT2D eigenvalue weighted by atomic mass is 32.2. The Morgan fingerprint density at radius 2 is 1.96 bits per heavy atom. The van der Waals surface area contributed by atoms with Gasteiger partial charge in [-0.05, 0) is 62.9 Å². The predicted octanol–water partition coefficient (Wildman–Crippen LogP) is 5.77. The summed E-state index contributed by atoms with van der Waals surface area (Å²) in [6.07, 6.45) is 18.6. The number of carboxylic acid groups (broad SMARTS) is 1. The van der Waals surface area contributed by atoms with Gasteiger partial charge in [0, 0.05) is 23.8 Å². The van der Waals surface area contributed by atoms with Crippen molar-refractivity contribution in [2.24, 2.45) is 11.8 Å². The Labute approximate surface area is 174 Å². The molecule has 0 aliphatic carbocycles. The van der Waals surface area contributed by atoms with Gasteiger partial charge in [0.25, 0.3) is 0 Å². The molecule has 28 heavy (non-hydrogen) atoms. The van der Waals surface area contributed by atoms with Gasteiger partial charge < -0.3 is 9.84 Å². The van der Waals surface area contributed by atoms with Crippen LogP contribution in [0.5, 0.6) is 0 Å². The first-order valence-electron chi connectivity index (χ1n) is 10.9. The molecule has 0 aromatic carbocycles. The molecule has 5 atom stereocenters. The van der Waals surface area contributed by atoms with Crippen molar-refractivity contribution in [1.29, 1.82) is 0 Å². The SMILES string of the molecule is CCCCCC(/C=C/[C@H]1[C@H](C/C=C\CCCC(=O)O)[C@@H]2CC[C@H]1S2)OC(C)=O. The number of hydrogen-bond donors (Lipinski definition) is 1. The molecule has 2 rings (SSSR count). The zero-order valence-corrected chi connectivity index (χ0v) is 18.2. The van der Waals surface area contributed by atoms with Crippen LogP contribution in [0.4, 0.5) is 0 Å². The van der Waals surface area contributed by atoms with Crippen molar-refractivity contribution in [3.8, 4) is 0 Å². The molecule has 1 unspecified atom stereocenters. The fourth-order valence-electron chi connectivity index (χ4n) is 4.38. The number of carbonyl (C=O) groups excluding carboxylic acids is 1. The third-order valence-electron chi connectivity index (χ3n) is 5.78. The summed E-state index contributed by atoms with van der Waals surface area (Å²) in [6.45, 7) is 3.68. The summed E-state index contributed by atoms with van der Waals surface area (Å²) in [5, 5.41) is 10.1. The molecule has 2 heterocycles. The monoisotopic (exact) mass is 408 g/mol. The van der Waals surface area contributed by atoms with Gasteiger partial charge in [0.05, 0.1) is 0 Å². The van der Waals surface area contributed by atoms with Crippen LogP contribution in [-0.2, 0) is 14.3 Å². The maximum atomic E-state index is 11.4. The zero-order valence-electron chi connectivity index (χ0n) is 17.3. The molecule has 0 aromatic heterocycles. The molecule has 2 aliphatic rings. The van der Waals surface area contributed by atoms with Gasteiger partial charge in [0.1, 0.15) is 6.10 Å². The molecule has 2 saturated heterocycles. The average molecular weight is 409 g/mol. The molecule has 0 radical (unpaired) electrons. The highest BCUT2D eigenvalue weighted by Gasteiger charge is 2.46. The molecule has 2 fully saturated rings. The number of esters is 1. The smallest absolute Gasteiger partial charge is 0.303 e. The van der Waals surface area contributed by atoms with Crippen molar-refractivity contribution in [3.63, 3.8) is 0 Å². The van der Waals surface area contributed by atoms with E-state index in [0.29, 0.717) is 23.5 Å². The maximum Gasteiger partial charge on any atom is 0.303 e. The van der Waals surface area contributed by atoms with Crippen molar-refractivity contribution in [2.75, 3.05) is 0 Å². The molecule has 0 saturated carbocycles. The first-order valence-corrected chi connectivity index (χ1v) is 11.8. The number of carbonyl (C=O) groups is 2. The quantitative estimate of drug-likeness (QED) is 0.238. The molecular weight excluding hydrogens is 372 g/mol. The summed E-state index contributed by atoms with van der Waals surface area (Å²) in [5.41, 5.74) is 0. The van der Waals surface area contributed by atoms with Gasteiger partial charge in [-0.15, -0.1) is 0 Å². The number of carboxylic acids is 1. The molecule has 2 aliphatic heterocycles. The molecule has 0 aromatic rings. The first kappa shape index (κ1) is 23.1. The van der Waals surface area contributed by atoms with Gasteiger partial charge in [0.15, 0.2) is 0 Å². The summed E-state index contributed by atoms with van der Waals surface area (Å²) in [5.74, 6) is 0.277. The van der Waals surface area contributed by atoms with Gasteiger partial charge in [0.2, 0.25) is 0 Å². The number of allylic oxidation sites excluding steroid dienone is 3. The van der Waals surface area contributed by atoms with Crippen molar-refractivity contribution >= 4 is 23.7 Å². The molecule has 1 N–H and O–H groups in total. The number of ether oxygens (including phenoxy) is 1. The standard InChI is InChI=1S/C23H36O4S/c1-3-4-7-10-18(27-17(2)24)13-14-20-19(21-15-16-22(20)28-21)11-8-5-6-9-12-23(25)26/h5,8,13-14,18-22H,3-4,6-7,9-12,15-16H2,1-2H3,(H,25,26)/b8-5-,14-13+/t18?,19-,20-,21-,22+/m0/s1. The van der Waals surface area contributed by atoms with E-state index in [1.54, 1.807) is 0 Å². The Morgan fingerprint density at radius 3 is 2.68 bits per heavy atom. The summed E-state index contributed by atoms with van der Waals surface area (Å²) < 4.78 is 5.52. The minimum atomic E-state index is -0.718. The fraction of sp³-hybridized carbons (Fsp3) is 0.739. The largest absolute Gasteiger partial charge is 0.481 e. The van der Waals surface area contributed by atoms with Crippen LogP contribution < -0.4 is 0 Å². The lowest BCUT2D eigenvalue weighted by molar-refractivity contribution is -0.144. The Balaban J connectivity index is 1.89. The van der Waals surface area contributed by atoms with E-state index in [1.165, 1.54) is 32.6 Å². The Morgan fingerprint density at radius 1 is 1.18 bits per heavy atom. The summed E-state index contributed by atoms with van der Waals surface area (Å²) >= 11 is 2.14. The second-order valence-corrected chi connectivity index (χ2v) is 9.54. The second-order valence-electron chi connectivity index (χ2n) is 8.05. The summed E-state index contributed by atoms with van der Waals surface area (Å²) in [4.78, 5) is 22.0. The number of fused-ring (bicyclic) bond motifs is 2. The van der Waals surface area contributed by atoms with Crippen LogP contribution in [0.2, 0.25) is 0 Å². The van der Waals surface area contributed by atoms with E-state index >= 15 is 0 Å². The van der Waals surface area contributed by atoms with Gasteiger partial charge in [-0.25, -0.2) is 0 Å². The molecule has 5 heteroatoms. The summed E-state index contributed by atoms with van der Waals surface area (Å²) in [7, 11) is 0. The van der Waals surface area contributed by atoms with Crippen LogP contribution in [0.3, 0.4) is 0 Å². The van der Waals surface area contributed by atoms with E-state index in [0.717, 1.165) is 30.9 Å². The lowest BCUT2D eigenvalue weighted by Crippen LogP contribution is -2.26. The molecule has 0 spiro atoms. The van der Waals surface area contributed by atoms with Gasteiger partial charge in [-0.2, -0.15) is 11.8 Å². The summed E-state index contributed by atoms with van der Waals surface area (Å²) in [6, 6.07) is 0. The number of rotatable bonds is 13. The predicted molar refractivity (Wildman–Crippen MR) is 115 cm³/mol. The van der Waals surface area contributed by atoms with Gasteiger partial charge in [-0.1, -0.05) is 38.0 Å². The van der Waals surface area contributed by atoms with Gasteiger partial charge in [-0.3, -0.25) is 9.59 Å². The third kappa shape index (κ3) is 7.65. The van der Waals surface area contributed by atoms with E-state index in [1.807, 2.05) is 0 Å². The molecule has 158 valence electrons. The van der Waals surface area contributed by atoms with Crippen LogP contribution in [0.25, 0.3) is 0 Å². The zero-order chi connectivity index (χ0) is 20.4. The highest BCUT2D eigenvalue weighted by molar-refractivity contribution is 8.01. The molecule has 2 bridgehead atoms. The van der Waals surface area contributed by atoms with Crippen LogP contribution in [0, 0.1) is 11.8 Å². The number of hydrogen-bond acceptors (Lipinski definition) is 4. The van der Waals surface area contributed by atoms with Crippen LogP contribution in [-0.4, -0.2) is 33.6 Å². The Kier molecular flexibility index (Phi) is 10.2. The van der Waals surface area contributed by atoms with Crippen molar-refractivity contribution in [2.45, 2.75) is 94.7 Å². The van der Waals surface area contributed by atoms with Crippen molar-refractivity contribution in [3.05, 3.63) is 24.3 Å².